The Kier molecular flexibility index (Phi) is 2.02. The molecule has 1 N–H and O–H groups in total. The van der Waals surface area contributed by atoms with Gasteiger partial charge in [-0.25, -0.2) is 0 Å². The number of allylic oxidation sites excluding steroid dienone is 1. The van der Waals surface area contributed by atoms with Crippen LogP contribution in [-0.2, 0) is 0 Å². The zero-order valence-electron chi connectivity index (χ0n) is 10.1. The van der Waals surface area contributed by atoms with Gasteiger partial charge in [0.1, 0.15) is 0 Å². The van der Waals surface area contributed by atoms with Crippen molar-refractivity contribution in [1.82, 2.24) is 5.32 Å². The first-order valence-electron chi connectivity index (χ1n) is 6.11. The fourth-order valence-electron chi connectivity index (χ4n) is 3.20. The lowest BCUT2D eigenvalue weighted by Crippen LogP contribution is -2.30. The highest BCUT2D eigenvalue weighted by atomic mass is 15.0. The van der Waals surface area contributed by atoms with Gasteiger partial charge in [0.2, 0.25) is 0 Å². The van der Waals surface area contributed by atoms with E-state index in [-0.39, 0.29) is 0 Å². The summed E-state index contributed by atoms with van der Waals surface area (Å²) in [7, 11) is 0. The van der Waals surface area contributed by atoms with Crippen LogP contribution in [0.1, 0.15) is 25.8 Å². The molecule has 1 heterocycles. The summed E-state index contributed by atoms with van der Waals surface area (Å²) >= 11 is 0. The molecule has 1 nitrogen and oxygen atoms in total. The van der Waals surface area contributed by atoms with Crippen molar-refractivity contribution in [2.45, 2.75) is 20.3 Å². The van der Waals surface area contributed by atoms with Crippen molar-refractivity contribution >= 4 is 5.57 Å². The summed E-state index contributed by atoms with van der Waals surface area (Å²) in [5.41, 5.74) is 3.70. The lowest BCUT2D eigenvalue weighted by atomic mass is 9.70. The second-order valence-electron chi connectivity index (χ2n) is 5.79. The van der Waals surface area contributed by atoms with Gasteiger partial charge >= 0.3 is 0 Å². The molecule has 0 radical (unpaired) electrons. The summed E-state index contributed by atoms with van der Waals surface area (Å²) in [4.78, 5) is 0. The summed E-state index contributed by atoms with van der Waals surface area (Å²) in [5, 5.41) is 3.53. The fraction of sp³-hybridized carbons (Fsp3) is 0.467. The molecule has 1 aliphatic heterocycles. The molecule has 1 aromatic carbocycles. The average Bonchev–Trinajstić information content (AvgIpc) is 2.68. The van der Waals surface area contributed by atoms with E-state index in [2.05, 4.69) is 55.6 Å². The Morgan fingerprint density at radius 3 is 2.50 bits per heavy atom. The Bertz CT molecular complexity index is 434. The first kappa shape index (κ1) is 10.1. The smallest absolute Gasteiger partial charge is 0.00533 e. The van der Waals surface area contributed by atoms with Crippen LogP contribution in [0.4, 0.5) is 0 Å². The van der Waals surface area contributed by atoms with Crippen LogP contribution in [-0.4, -0.2) is 13.1 Å². The van der Waals surface area contributed by atoms with Gasteiger partial charge in [-0.1, -0.05) is 50.3 Å². The minimum atomic E-state index is 0.345. The quantitative estimate of drug-likeness (QED) is 0.756. The molecule has 0 unspecified atom stereocenters. The predicted molar refractivity (Wildman–Crippen MR) is 68.1 cm³/mol. The van der Waals surface area contributed by atoms with E-state index >= 15 is 0 Å². The molecule has 0 spiro atoms. The van der Waals surface area contributed by atoms with Gasteiger partial charge < -0.3 is 5.32 Å². The number of fused-ring (bicyclic) bond motifs is 1. The number of hydrogen-bond acceptors (Lipinski definition) is 1. The van der Waals surface area contributed by atoms with Crippen molar-refractivity contribution in [2.75, 3.05) is 13.1 Å². The van der Waals surface area contributed by atoms with Gasteiger partial charge in [0.05, 0.1) is 0 Å². The number of benzene rings is 1. The Morgan fingerprint density at radius 2 is 1.81 bits per heavy atom. The Hall–Kier alpha value is -1.08. The van der Waals surface area contributed by atoms with Crippen LogP contribution in [0, 0.1) is 10.8 Å². The highest BCUT2D eigenvalue weighted by Crippen LogP contribution is 2.55. The lowest BCUT2D eigenvalue weighted by molar-refractivity contribution is 0.219. The van der Waals surface area contributed by atoms with E-state index in [0.717, 1.165) is 13.1 Å². The van der Waals surface area contributed by atoms with Crippen molar-refractivity contribution in [3.8, 4) is 0 Å². The summed E-state index contributed by atoms with van der Waals surface area (Å²) < 4.78 is 0. The third-order valence-electron chi connectivity index (χ3n) is 4.60. The van der Waals surface area contributed by atoms with E-state index in [1.54, 1.807) is 0 Å². The highest BCUT2D eigenvalue weighted by Gasteiger charge is 2.51. The van der Waals surface area contributed by atoms with Gasteiger partial charge in [0.15, 0.2) is 0 Å². The minimum absolute atomic E-state index is 0.345. The molecule has 1 fully saturated rings. The van der Waals surface area contributed by atoms with Crippen LogP contribution >= 0.6 is 0 Å². The molecule has 1 aromatic rings. The second kappa shape index (κ2) is 3.21. The Labute approximate surface area is 97.6 Å². The third-order valence-corrected chi connectivity index (χ3v) is 4.60. The topological polar surface area (TPSA) is 12.0 Å². The van der Waals surface area contributed by atoms with Gasteiger partial charge in [-0.15, -0.1) is 0 Å². The van der Waals surface area contributed by atoms with Gasteiger partial charge in [-0.05, 0) is 23.0 Å². The maximum Gasteiger partial charge on any atom is 0.00533 e. The molecule has 1 heteroatoms. The molecule has 0 amide bonds. The predicted octanol–water partition coefficient (Wildman–Crippen LogP) is 3.09. The molecule has 84 valence electrons. The molecule has 0 bridgehead atoms. The number of hydrogen-bond donors (Lipinski definition) is 1. The van der Waals surface area contributed by atoms with Crippen molar-refractivity contribution in [1.29, 1.82) is 0 Å². The highest BCUT2D eigenvalue weighted by molar-refractivity contribution is 5.70. The summed E-state index contributed by atoms with van der Waals surface area (Å²) in [6.45, 7) is 7.08. The largest absolute Gasteiger partial charge is 0.315 e. The van der Waals surface area contributed by atoms with Gasteiger partial charge in [-0.3, -0.25) is 0 Å². The molecule has 0 aromatic heterocycles. The molecule has 1 aliphatic carbocycles. The molecule has 3 rings (SSSR count). The normalized spacial score (nSPS) is 37.2. The fourth-order valence-corrected chi connectivity index (χ4v) is 3.20. The van der Waals surface area contributed by atoms with Crippen LogP contribution < -0.4 is 5.32 Å². The lowest BCUT2D eigenvalue weighted by Gasteiger charge is -2.32. The van der Waals surface area contributed by atoms with E-state index in [1.165, 1.54) is 17.6 Å². The van der Waals surface area contributed by atoms with Crippen molar-refractivity contribution < 1.29 is 0 Å². The average molecular weight is 213 g/mol. The van der Waals surface area contributed by atoms with E-state index in [1.807, 2.05) is 0 Å². The minimum Gasteiger partial charge on any atom is -0.315 e. The van der Waals surface area contributed by atoms with Gasteiger partial charge in [0, 0.05) is 18.5 Å². The SMILES string of the molecule is C[C@@]12CNC[C@]1(C)C=C(c1ccccc1)C2. The second-order valence-corrected chi connectivity index (χ2v) is 5.79. The van der Waals surface area contributed by atoms with E-state index in [9.17, 15) is 0 Å². The maximum absolute atomic E-state index is 3.53. The summed E-state index contributed by atoms with van der Waals surface area (Å²) in [6.07, 6.45) is 3.71. The number of nitrogens with one attached hydrogen (secondary N) is 1. The Balaban J connectivity index is 2.00. The number of rotatable bonds is 1. The summed E-state index contributed by atoms with van der Waals surface area (Å²) in [6, 6.07) is 10.8. The van der Waals surface area contributed by atoms with Crippen LogP contribution in [0.2, 0.25) is 0 Å². The van der Waals surface area contributed by atoms with E-state index < -0.39 is 0 Å². The Morgan fingerprint density at radius 1 is 1.06 bits per heavy atom. The zero-order chi connectivity index (χ0) is 11.2. The maximum atomic E-state index is 3.53. The summed E-state index contributed by atoms with van der Waals surface area (Å²) in [5.74, 6) is 0. The monoisotopic (exact) mass is 213 g/mol. The first-order chi connectivity index (χ1) is 7.63. The van der Waals surface area contributed by atoms with Crippen LogP contribution in [0.3, 0.4) is 0 Å². The molecule has 1 saturated heterocycles. The van der Waals surface area contributed by atoms with Crippen LogP contribution in [0.5, 0.6) is 0 Å². The van der Waals surface area contributed by atoms with Gasteiger partial charge in [0.25, 0.3) is 0 Å². The first-order valence-corrected chi connectivity index (χ1v) is 6.11. The third kappa shape index (κ3) is 1.28. The van der Waals surface area contributed by atoms with Crippen molar-refractivity contribution in [3.63, 3.8) is 0 Å². The van der Waals surface area contributed by atoms with Crippen molar-refractivity contribution in [3.05, 3.63) is 42.0 Å². The molecular formula is C15H19N. The molecule has 0 saturated carbocycles. The molecule has 2 atom stereocenters. The van der Waals surface area contributed by atoms with Crippen LogP contribution in [0.15, 0.2) is 36.4 Å². The van der Waals surface area contributed by atoms with Crippen LogP contribution in [0.25, 0.3) is 5.57 Å². The van der Waals surface area contributed by atoms with Gasteiger partial charge in [-0.2, -0.15) is 0 Å². The molecular weight excluding hydrogens is 194 g/mol. The standard InChI is InChI=1S/C15H19N/c1-14-8-13(12-6-4-3-5-7-12)9-15(14,2)11-16-10-14/h3-8,16H,9-11H2,1-2H3/t14-,15+/m0/s1. The van der Waals surface area contributed by atoms with E-state index in [0.29, 0.717) is 10.8 Å². The zero-order valence-corrected chi connectivity index (χ0v) is 10.1. The molecule has 16 heavy (non-hydrogen) atoms. The van der Waals surface area contributed by atoms with Crippen molar-refractivity contribution in [2.24, 2.45) is 10.8 Å². The van der Waals surface area contributed by atoms with E-state index in [4.69, 9.17) is 0 Å². The molecule has 2 aliphatic rings.